The van der Waals surface area contributed by atoms with E-state index in [0.717, 1.165) is 22.2 Å². The topological polar surface area (TPSA) is 86.8 Å². The number of rotatable bonds is 11. The van der Waals surface area contributed by atoms with Crippen molar-refractivity contribution in [3.05, 3.63) is 92.9 Å². The van der Waals surface area contributed by atoms with Gasteiger partial charge < -0.3 is 10.2 Å². The minimum Gasteiger partial charge on any atom is -0.352 e. The molecule has 7 nitrogen and oxygen atoms in total. The summed E-state index contributed by atoms with van der Waals surface area (Å²) in [5, 5.41) is 2.20. The molecular formula is C30H32BrClF3N3O4S. The Labute approximate surface area is 263 Å². The number of hydrogen-bond donors (Lipinski definition) is 1. The van der Waals surface area contributed by atoms with Crippen LogP contribution in [0, 0.1) is 6.92 Å². The highest BCUT2D eigenvalue weighted by Gasteiger charge is 2.37. The van der Waals surface area contributed by atoms with Gasteiger partial charge in [-0.3, -0.25) is 13.9 Å². The first-order valence-electron chi connectivity index (χ1n) is 13.3. The molecule has 2 amide bonds. The minimum atomic E-state index is -4.88. The summed E-state index contributed by atoms with van der Waals surface area (Å²) in [5.41, 5.74) is -0.255. The van der Waals surface area contributed by atoms with Crippen LogP contribution in [0.1, 0.15) is 43.9 Å². The van der Waals surface area contributed by atoms with Gasteiger partial charge in [0, 0.05) is 17.1 Å². The van der Waals surface area contributed by atoms with E-state index in [1.807, 2.05) is 6.92 Å². The van der Waals surface area contributed by atoms with Crippen molar-refractivity contribution in [2.45, 2.75) is 63.8 Å². The lowest BCUT2D eigenvalue weighted by Crippen LogP contribution is -2.52. The van der Waals surface area contributed by atoms with Crippen molar-refractivity contribution in [1.29, 1.82) is 0 Å². The molecule has 0 aliphatic heterocycles. The third-order valence-electron chi connectivity index (χ3n) is 6.87. The molecule has 0 spiro atoms. The van der Waals surface area contributed by atoms with Crippen LogP contribution in [0.25, 0.3) is 0 Å². The zero-order valence-electron chi connectivity index (χ0n) is 24.0. The SMILES string of the molecule is CC[C@@H](C)NC(=O)[C@@H](C)N(Cc1ccc(Br)cc1)C(=O)CN(c1ccc(Cl)c(C(F)(F)F)c1)S(=O)(=O)c1ccc(C)cc1. The van der Waals surface area contributed by atoms with Crippen LogP contribution in [0.2, 0.25) is 5.02 Å². The number of carbonyl (C=O) groups is 2. The van der Waals surface area contributed by atoms with Crippen molar-refractivity contribution in [3.63, 3.8) is 0 Å². The monoisotopic (exact) mass is 701 g/mol. The Morgan fingerprint density at radius 1 is 1.00 bits per heavy atom. The first kappa shape index (κ1) is 34.4. The maximum Gasteiger partial charge on any atom is 0.417 e. The highest BCUT2D eigenvalue weighted by molar-refractivity contribution is 9.10. The second kappa shape index (κ2) is 14.1. The van der Waals surface area contributed by atoms with Crippen molar-refractivity contribution >= 4 is 55.1 Å². The van der Waals surface area contributed by atoms with Crippen LogP contribution in [-0.2, 0) is 32.3 Å². The second-order valence-electron chi connectivity index (χ2n) is 10.1. The average molecular weight is 703 g/mol. The van der Waals surface area contributed by atoms with Gasteiger partial charge in [0.15, 0.2) is 0 Å². The number of carbonyl (C=O) groups excluding carboxylic acids is 2. The van der Waals surface area contributed by atoms with E-state index in [9.17, 15) is 31.2 Å². The number of sulfonamides is 1. The number of amides is 2. The van der Waals surface area contributed by atoms with Gasteiger partial charge in [-0.15, -0.1) is 0 Å². The predicted octanol–water partition coefficient (Wildman–Crippen LogP) is 6.96. The van der Waals surface area contributed by atoms with Crippen LogP contribution >= 0.6 is 27.5 Å². The number of hydrogen-bond acceptors (Lipinski definition) is 4. The van der Waals surface area contributed by atoms with E-state index in [1.54, 1.807) is 38.1 Å². The molecule has 0 heterocycles. The van der Waals surface area contributed by atoms with Crippen molar-refractivity contribution in [1.82, 2.24) is 10.2 Å². The van der Waals surface area contributed by atoms with E-state index in [0.29, 0.717) is 22.4 Å². The molecule has 0 aliphatic carbocycles. The molecule has 0 radical (unpaired) electrons. The third kappa shape index (κ3) is 8.73. The summed E-state index contributed by atoms with van der Waals surface area (Å²) in [6.45, 7) is 6.01. The lowest BCUT2D eigenvalue weighted by Gasteiger charge is -2.32. The van der Waals surface area contributed by atoms with Crippen molar-refractivity contribution in [2.75, 3.05) is 10.8 Å². The van der Waals surface area contributed by atoms with Gasteiger partial charge in [0.05, 0.1) is 21.2 Å². The standard InChI is InChI=1S/C30H32BrClF3N3O4S/c1-5-20(3)36-29(40)21(4)37(17-22-8-10-23(31)11-9-22)28(39)18-38(43(41,42)25-13-6-19(2)7-14-25)24-12-15-27(32)26(16-24)30(33,34)35/h6-16,20-21H,5,17-18H2,1-4H3,(H,36,40)/t20-,21-/m1/s1. The highest BCUT2D eigenvalue weighted by atomic mass is 79.9. The highest BCUT2D eigenvalue weighted by Crippen LogP contribution is 2.38. The fraction of sp³-hybridized carbons (Fsp3) is 0.333. The molecule has 0 fully saturated rings. The maximum absolute atomic E-state index is 14.0. The van der Waals surface area contributed by atoms with Gasteiger partial charge in [-0.05, 0) is 75.2 Å². The van der Waals surface area contributed by atoms with Crippen LogP contribution in [0.4, 0.5) is 18.9 Å². The normalized spacial score (nSPS) is 13.2. The van der Waals surface area contributed by atoms with Gasteiger partial charge in [0.25, 0.3) is 10.0 Å². The first-order chi connectivity index (χ1) is 20.0. The molecule has 232 valence electrons. The Bertz CT molecular complexity index is 1550. The van der Waals surface area contributed by atoms with Crippen molar-refractivity contribution in [2.24, 2.45) is 0 Å². The molecule has 2 atom stereocenters. The van der Waals surface area contributed by atoms with Crippen molar-refractivity contribution in [3.8, 4) is 0 Å². The summed E-state index contributed by atoms with van der Waals surface area (Å²) < 4.78 is 70.5. The summed E-state index contributed by atoms with van der Waals surface area (Å²) in [4.78, 5) is 28.1. The summed E-state index contributed by atoms with van der Waals surface area (Å²) in [6.07, 6.45) is -4.24. The Balaban J connectivity index is 2.11. The van der Waals surface area contributed by atoms with Crippen LogP contribution < -0.4 is 9.62 Å². The lowest BCUT2D eigenvalue weighted by molar-refractivity contribution is -0.139. The smallest absolute Gasteiger partial charge is 0.352 e. The van der Waals surface area contributed by atoms with Gasteiger partial charge >= 0.3 is 6.18 Å². The van der Waals surface area contributed by atoms with Gasteiger partial charge in [-0.2, -0.15) is 13.2 Å². The van der Waals surface area contributed by atoms with E-state index in [4.69, 9.17) is 11.6 Å². The van der Waals surface area contributed by atoms with E-state index in [2.05, 4.69) is 21.2 Å². The molecule has 0 aromatic heterocycles. The second-order valence-corrected chi connectivity index (χ2v) is 13.3. The number of aryl methyl sites for hydroxylation is 1. The Kier molecular flexibility index (Phi) is 11.3. The molecule has 3 aromatic rings. The number of benzene rings is 3. The van der Waals surface area contributed by atoms with E-state index >= 15 is 0 Å². The zero-order chi connectivity index (χ0) is 32.1. The van der Waals surface area contributed by atoms with Gasteiger partial charge in [-0.1, -0.05) is 64.3 Å². The van der Waals surface area contributed by atoms with Crippen LogP contribution in [0.15, 0.2) is 76.1 Å². The zero-order valence-corrected chi connectivity index (χ0v) is 27.1. The number of alkyl halides is 3. The largest absolute Gasteiger partial charge is 0.417 e. The molecule has 0 saturated heterocycles. The summed E-state index contributed by atoms with van der Waals surface area (Å²) in [6, 6.07) is 14.1. The fourth-order valence-corrected chi connectivity index (χ4v) is 5.98. The lowest BCUT2D eigenvalue weighted by atomic mass is 10.1. The molecule has 43 heavy (non-hydrogen) atoms. The molecule has 13 heteroatoms. The molecule has 0 aliphatic rings. The molecule has 1 N–H and O–H groups in total. The Morgan fingerprint density at radius 3 is 2.16 bits per heavy atom. The number of nitrogens with zero attached hydrogens (tertiary/aromatic N) is 2. The Hall–Kier alpha value is -3.09. The summed E-state index contributed by atoms with van der Waals surface area (Å²) >= 11 is 9.16. The van der Waals surface area contributed by atoms with Gasteiger partial charge in [0.1, 0.15) is 12.6 Å². The molecule has 3 rings (SSSR count). The number of anilines is 1. The molecule has 0 bridgehead atoms. The van der Waals surface area contributed by atoms with E-state index < -0.39 is 56.9 Å². The molecule has 3 aromatic carbocycles. The molecule has 0 saturated carbocycles. The predicted molar refractivity (Wildman–Crippen MR) is 164 cm³/mol. The van der Waals surface area contributed by atoms with Gasteiger partial charge in [-0.25, -0.2) is 8.42 Å². The molecule has 0 unspecified atom stereocenters. The van der Waals surface area contributed by atoms with E-state index in [1.165, 1.54) is 36.1 Å². The Morgan fingerprint density at radius 2 is 1.60 bits per heavy atom. The summed E-state index contributed by atoms with van der Waals surface area (Å²) in [5.74, 6) is -1.26. The first-order valence-corrected chi connectivity index (χ1v) is 16.0. The average Bonchev–Trinajstić information content (AvgIpc) is 2.95. The van der Waals surface area contributed by atoms with Crippen LogP contribution in [0.3, 0.4) is 0 Å². The third-order valence-corrected chi connectivity index (χ3v) is 9.51. The molecular weight excluding hydrogens is 671 g/mol. The van der Waals surface area contributed by atoms with Gasteiger partial charge in [0.2, 0.25) is 11.8 Å². The number of nitrogens with one attached hydrogen (secondary N) is 1. The van der Waals surface area contributed by atoms with Crippen LogP contribution in [0.5, 0.6) is 0 Å². The summed E-state index contributed by atoms with van der Waals surface area (Å²) in [7, 11) is -4.55. The van der Waals surface area contributed by atoms with Crippen molar-refractivity contribution < 1.29 is 31.2 Å². The minimum absolute atomic E-state index is 0.0615. The van der Waals surface area contributed by atoms with Crippen LogP contribution in [-0.4, -0.2) is 43.8 Å². The maximum atomic E-state index is 14.0. The quantitative estimate of drug-likeness (QED) is 0.234. The van der Waals surface area contributed by atoms with E-state index in [-0.39, 0.29) is 17.5 Å². The fourth-order valence-electron chi connectivity index (χ4n) is 4.09. The number of halogens is 5.